The van der Waals surface area contributed by atoms with Crippen molar-refractivity contribution in [2.24, 2.45) is 4.99 Å². The fraction of sp³-hybridized carbons (Fsp3) is 0.421. The van der Waals surface area contributed by atoms with Crippen molar-refractivity contribution in [2.75, 3.05) is 39.9 Å². The van der Waals surface area contributed by atoms with Gasteiger partial charge in [0.25, 0.3) is 0 Å². The third kappa shape index (κ3) is 6.90. The van der Waals surface area contributed by atoms with Crippen LogP contribution in [0.15, 0.2) is 46.1 Å². The zero-order chi connectivity index (χ0) is 18.2. The SMILES string of the molecule is CN=C(NCc1ccsc1)NCC(c1ccc(Cl)cc1)N1CCOCC1.I. The quantitative estimate of drug-likeness (QED) is 0.346. The second-order valence-electron chi connectivity index (χ2n) is 6.15. The highest BCUT2D eigenvalue weighted by molar-refractivity contribution is 14.0. The van der Waals surface area contributed by atoms with E-state index < -0.39 is 0 Å². The topological polar surface area (TPSA) is 48.9 Å². The number of morpholine rings is 1. The number of hydrogen-bond acceptors (Lipinski definition) is 4. The Bertz CT molecular complexity index is 690. The van der Waals surface area contributed by atoms with Gasteiger partial charge in [-0.25, -0.2) is 0 Å². The van der Waals surface area contributed by atoms with Gasteiger partial charge in [-0.3, -0.25) is 9.89 Å². The number of hydrogen-bond donors (Lipinski definition) is 2. The number of guanidine groups is 1. The molecule has 27 heavy (non-hydrogen) atoms. The molecule has 2 heterocycles. The molecule has 0 aliphatic carbocycles. The second-order valence-corrected chi connectivity index (χ2v) is 7.37. The van der Waals surface area contributed by atoms with E-state index in [1.807, 2.05) is 12.1 Å². The van der Waals surface area contributed by atoms with Crippen LogP contribution in [0, 0.1) is 0 Å². The molecular formula is C19H26ClIN4OS. The summed E-state index contributed by atoms with van der Waals surface area (Å²) >= 11 is 7.77. The Hall–Kier alpha value is -0.870. The van der Waals surface area contributed by atoms with E-state index in [4.69, 9.17) is 16.3 Å². The zero-order valence-electron chi connectivity index (χ0n) is 15.4. The van der Waals surface area contributed by atoms with E-state index in [1.54, 1.807) is 18.4 Å². The van der Waals surface area contributed by atoms with Crippen LogP contribution in [0.3, 0.4) is 0 Å². The number of aliphatic imine (C=N–C) groups is 1. The van der Waals surface area contributed by atoms with Crippen molar-refractivity contribution in [2.45, 2.75) is 12.6 Å². The number of nitrogens with zero attached hydrogens (tertiary/aromatic N) is 2. The van der Waals surface area contributed by atoms with Gasteiger partial charge in [-0.15, -0.1) is 24.0 Å². The van der Waals surface area contributed by atoms with Crippen LogP contribution in [0.25, 0.3) is 0 Å². The van der Waals surface area contributed by atoms with Crippen molar-refractivity contribution in [3.8, 4) is 0 Å². The first kappa shape index (κ1) is 22.4. The van der Waals surface area contributed by atoms with Crippen LogP contribution in [0.4, 0.5) is 0 Å². The molecule has 1 fully saturated rings. The minimum atomic E-state index is 0. The molecule has 0 saturated carbocycles. The molecule has 2 aromatic rings. The Balaban J connectivity index is 0.00000261. The minimum Gasteiger partial charge on any atom is -0.379 e. The molecule has 2 N–H and O–H groups in total. The molecule has 1 saturated heterocycles. The van der Waals surface area contributed by atoms with Gasteiger partial charge in [0.1, 0.15) is 0 Å². The Kier molecular flexibility index (Phi) is 9.84. The molecule has 0 amide bonds. The summed E-state index contributed by atoms with van der Waals surface area (Å²) < 4.78 is 5.51. The first-order chi connectivity index (χ1) is 12.8. The van der Waals surface area contributed by atoms with Gasteiger partial charge in [0, 0.05) is 38.2 Å². The molecule has 1 aromatic carbocycles. The Morgan fingerprint density at radius 3 is 2.59 bits per heavy atom. The average Bonchev–Trinajstić information content (AvgIpc) is 3.20. The fourth-order valence-corrected chi connectivity index (χ4v) is 3.82. The van der Waals surface area contributed by atoms with Crippen LogP contribution in [0.5, 0.6) is 0 Å². The second kappa shape index (κ2) is 11.9. The molecular weight excluding hydrogens is 495 g/mol. The maximum Gasteiger partial charge on any atom is 0.191 e. The number of thiophene rings is 1. The number of ether oxygens (including phenoxy) is 1. The van der Waals surface area contributed by atoms with Gasteiger partial charge < -0.3 is 15.4 Å². The smallest absolute Gasteiger partial charge is 0.191 e. The van der Waals surface area contributed by atoms with Crippen molar-refractivity contribution in [3.05, 3.63) is 57.2 Å². The lowest BCUT2D eigenvalue weighted by molar-refractivity contribution is 0.0170. The molecule has 1 aliphatic heterocycles. The Morgan fingerprint density at radius 1 is 1.22 bits per heavy atom. The molecule has 8 heteroatoms. The van der Waals surface area contributed by atoms with Gasteiger partial charge in [0.05, 0.1) is 19.3 Å². The molecule has 5 nitrogen and oxygen atoms in total. The predicted molar refractivity (Wildman–Crippen MR) is 125 cm³/mol. The molecule has 1 aliphatic rings. The highest BCUT2D eigenvalue weighted by atomic mass is 127. The van der Waals surface area contributed by atoms with Crippen LogP contribution in [-0.2, 0) is 11.3 Å². The van der Waals surface area contributed by atoms with Crippen molar-refractivity contribution in [1.29, 1.82) is 0 Å². The van der Waals surface area contributed by atoms with Gasteiger partial charge in [-0.2, -0.15) is 11.3 Å². The Labute approximate surface area is 187 Å². The lowest BCUT2D eigenvalue weighted by atomic mass is 10.0. The van der Waals surface area contributed by atoms with Gasteiger partial charge in [0.15, 0.2) is 5.96 Å². The van der Waals surface area contributed by atoms with Crippen molar-refractivity contribution in [3.63, 3.8) is 0 Å². The summed E-state index contributed by atoms with van der Waals surface area (Å²) in [5.41, 5.74) is 2.51. The normalized spacial score (nSPS) is 16.4. The zero-order valence-corrected chi connectivity index (χ0v) is 19.3. The summed E-state index contributed by atoms with van der Waals surface area (Å²) in [7, 11) is 1.80. The van der Waals surface area contributed by atoms with Crippen molar-refractivity contribution >= 4 is 52.9 Å². The molecule has 0 radical (unpaired) electrons. The van der Waals surface area contributed by atoms with Gasteiger partial charge in [-0.1, -0.05) is 23.7 Å². The molecule has 148 valence electrons. The summed E-state index contributed by atoms with van der Waals surface area (Å²) in [6.45, 7) is 4.94. The molecule has 1 aromatic heterocycles. The maximum absolute atomic E-state index is 6.06. The number of nitrogens with one attached hydrogen (secondary N) is 2. The number of benzene rings is 1. The summed E-state index contributed by atoms with van der Waals surface area (Å²) in [4.78, 5) is 6.80. The van der Waals surface area contributed by atoms with E-state index in [0.29, 0.717) is 0 Å². The van der Waals surface area contributed by atoms with Crippen molar-refractivity contribution in [1.82, 2.24) is 15.5 Å². The molecule has 0 bridgehead atoms. The third-order valence-electron chi connectivity index (χ3n) is 4.47. The van der Waals surface area contributed by atoms with E-state index in [9.17, 15) is 0 Å². The first-order valence-corrected chi connectivity index (χ1v) is 10.1. The maximum atomic E-state index is 6.06. The monoisotopic (exact) mass is 520 g/mol. The van der Waals surface area contributed by atoms with E-state index in [0.717, 1.165) is 50.4 Å². The lowest BCUT2D eigenvalue weighted by Gasteiger charge is -2.35. The summed E-state index contributed by atoms with van der Waals surface area (Å²) in [6, 6.07) is 10.5. The number of halogens is 2. The van der Waals surface area contributed by atoms with Crippen LogP contribution < -0.4 is 10.6 Å². The summed E-state index contributed by atoms with van der Waals surface area (Å²) in [5.74, 6) is 0.809. The van der Waals surface area contributed by atoms with E-state index in [-0.39, 0.29) is 30.0 Å². The standard InChI is InChI=1S/C19H25ClN4OS.HI/c1-21-19(22-12-15-6-11-26-14-15)23-13-18(24-7-9-25-10-8-24)16-2-4-17(20)5-3-16;/h2-6,11,14,18H,7-10,12-13H2,1H3,(H2,21,22,23);1H. The van der Waals surface area contributed by atoms with Gasteiger partial charge in [-0.05, 0) is 40.1 Å². The third-order valence-corrected chi connectivity index (χ3v) is 5.45. The van der Waals surface area contributed by atoms with Crippen LogP contribution in [0.1, 0.15) is 17.2 Å². The summed E-state index contributed by atoms with van der Waals surface area (Å²) in [6.07, 6.45) is 0. The minimum absolute atomic E-state index is 0. The molecule has 1 unspecified atom stereocenters. The van der Waals surface area contributed by atoms with E-state index >= 15 is 0 Å². The predicted octanol–water partition coefficient (Wildman–Crippen LogP) is 3.76. The highest BCUT2D eigenvalue weighted by Gasteiger charge is 2.22. The largest absolute Gasteiger partial charge is 0.379 e. The Morgan fingerprint density at radius 2 is 1.96 bits per heavy atom. The van der Waals surface area contributed by atoms with E-state index in [1.165, 1.54) is 11.1 Å². The highest BCUT2D eigenvalue weighted by Crippen LogP contribution is 2.23. The fourth-order valence-electron chi connectivity index (χ4n) is 3.02. The van der Waals surface area contributed by atoms with Gasteiger partial charge in [0.2, 0.25) is 0 Å². The van der Waals surface area contributed by atoms with Crippen LogP contribution in [-0.4, -0.2) is 50.8 Å². The molecule has 3 rings (SSSR count). The average molecular weight is 521 g/mol. The number of rotatable bonds is 6. The molecule has 1 atom stereocenters. The van der Waals surface area contributed by atoms with Gasteiger partial charge >= 0.3 is 0 Å². The van der Waals surface area contributed by atoms with Crippen LogP contribution >= 0.6 is 46.9 Å². The lowest BCUT2D eigenvalue weighted by Crippen LogP contribution is -2.46. The molecule has 0 spiro atoms. The van der Waals surface area contributed by atoms with Crippen molar-refractivity contribution < 1.29 is 4.74 Å². The van der Waals surface area contributed by atoms with E-state index in [2.05, 4.69) is 49.5 Å². The van der Waals surface area contributed by atoms with Crippen LogP contribution in [0.2, 0.25) is 5.02 Å². The first-order valence-electron chi connectivity index (χ1n) is 8.79. The summed E-state index contributed by atoms with van der Waals surface area (Å²) in [5, 5.41) is 11.8.